The van der Waals surface area contributed by atoms with E-state index in [1.807, 2.05) is 30.3 Å². The van der Waals surface area contributed by atoms with E-state index in [-0.39, 0.29) is 31.3 Å². The highest BCUT2D eigenvalue weighted by atomic mass is 32.2. The Bertz CT molecular complexity index is 984. The van der Waals surface area contributed by atoms with Gasteiger partial charge in [0.25, 0.3) is 5.91 Å². The lowest BCUT2D eigenvalue weighted by Crippen LogP contribution is -2.38. The van der Waals surface area contributed by atoms with E-state index in [1.54, 1.807) is 30.0 Å². The summed E-state index contributed by atoms with van der Waals surface area (Å²) in [6.45, 7) is 4.92. The zero-order valence-corrected chi connectivity index (χ0v) is 21.0. The summed E-state index contributed by atoms with van der Waals surface area (Å²) in [7, 11) is 0. The molecule has 190 valence electrons. The predicted molar refractivity (Wildman–Crippen MR) is 134 cm³/mol. The highest BCUT2D eigenvalue weighted by Gasteiger charge is 2.38. The van der Waals surface area contributed by atoms with Crippen LogP contribution >= 0.6 is 11.8 Å². The van der Waals surface area contributed by atoms with Crippen molar-refractivity contribution in [3.8, 4) is 0 Å². The van der Waals surface area contributed by atoms with Crippen molar-refractivity contribution in [1.29, 1.82) is 0 Å². The first kappa shape index (κ1) is 27.2. The number of ether oxygens (including phenoxy) is 3. The summed E-state index contributed by atoms with van der Waals surface area (Å²) < 4.78 is 17.7. The molecule has 0 saturated carbocycles. The average Bonchev–Trinajstić information content (AvgIpc) is 2.85. The van der Waals surface area contributed by atoms with Crippen LogP contribution in [0.15, 0.2) is 48.5 Å². The molecule has 3 rings (SSSR count). The van der Waals surface area contributed by atoms with E-state index in [1.165, 1.54) is 13.8 Å². The largest absolute Gasteiger partial charge is 0.453 e. The lowest BCUT2D eigenvalue weighted by atomic mass is 9.91. The minimum atomic E-state index is -0.918. The fourth-order valence-corrected chi connectivity index (χ4v) is 4.79. The van der Waals surface area contributed by atoms with Gasteiger partial charge in [-0.2, -0.15) is 11.8 Å². The van der Waals surface area contributed by atoms with Crippen molar-refractivity contribution in [3.63, 3.8) is 0 Å². The molecule has 0 aromatic heterocycles. The van der Waals surface area contributed by atoms with E-state index in [2.05, 4.69) is 12.2 Å². The van der Waals surface area contributed by atoms with Gasteiger partial charge in [0.1, 0.15) is 0 Å². The minimum Gasteiger partial charge on any atom is -0.453 e. The standard InChI is InChI=1S/C26H33NO7S/c1-16-23(15-35-12-11-28)33-26(34-24(16)20-9-7-19(14-29)8-10-20)21-5-4-6-22(13-21)27-25(31)17(2)32-18(3)30/h4-10,13,16-17,23-24,26,28-29H,11-12,14-15H2,1-3H3,(H,27,31)/t16-,17-,23+,24+,26+/m0/s1. The molecule has 1 amide bonds. The third-order valence-corrected chi connectivity index (χ3v) is 6.81. The van der Waals surface area contributed by atoms with Gasteiger partial charge in [0.05, 0.1) is 25.4 Å². The minimum absolute atomic E-state index is 0.0257. The number of aliphatic hydroxyl groups excluding tert-OH is 2. The lowest BCUT2D eigenvalue weighted by molar-refractivity contribution is -0.268. The summed E-state index contributed by atoms with van der Waals surface area (Å²) >= 11 is 1.62. The molecule has 3 N–H and O–H groups in total. The molecular formula is C26H33NO7S. The quantitative estimate of drug-likeness (QED) is 0.333. The summed E-state index contributed by atoms with van der Waals surface area (Å²) in [6.07, 6.45) is -1.96. The van der Waals surface area contributed by atoms with Crippen LogP contribution in [0, 0.1) is 5.92 Å². The first-order valence-corrected chi connectivity index (χ1v) is 12.7. The highest BCUT2D eigenvalue weighted by Crippen LogP contribution is 2.42. The van der Waals surface area contributed by atoms with Crippen molar-refractivity contribution in [2.75, 3.05) is 23.4 Å². The maximum Gasteiger partial charge on any atom is 0.303 e. The number of carbonyl (C=O) groups excluding carboxylic acids is 2. The molecule has 1 aliphatic heterocycles. The lowest BCUT2D eigenvalue weighted by Gasteiger charge is -2.41. The van der Waals surface area contributed by atoms with Crippen molar-refractivity contribution >= 4 is 29.3 Å². The Hall–Kier alpha value is -2.43. The fraction of sp³-hybridized carbons (Fsp3) is 0.462. The van der Waals surface area contributed by atoms with Gasteiger partial charge < -0.3 is 29.7 Å². The normalized spacial score (nSPS) is 22.9. The molecule has 1 heterocycles. The van der Waals surface area contributed by atoms with Gasteiger partial charge in [0.2, 0.25) is 0 Å². The van der Waals surface area contributed by atoms with Crippen LogP contribution < -0.4 is 5.32 Å². The second-order valence-corrected chi connectivity index (χ2v) is 9.64. The Balaban J connectivity index is 1.81. The molecule has 1 fully saturated rings. The number of esters is 1. The van der Waals surface area contributed by atoms with Crippen LogP contribution in [-0.4, -0.2) is 52.4 Å². The summed E-state index contributed by atoms with van der Waals surface area (Å²) in [6, 6.07) is 14.9. The van der Waals surface area contributed by atoms with Gasteiger partial charge in [0, 0.05) is 35.6 Å². The first-order valence-electron chi connectivity index (χ1n) is 11.6. The number of aliphatic hydroxyl groups is 2. The van der Waals surface area contributed by atoms with Crippen LogP contribution in [0.5, 0.6) is 0 Å². The monoisotopic (exact) mass is 503 g/mol. The van der Waals surface area contributed by atoms with E-state index < -0.39 is 24.3 Å². The van der Waals surface area contributed by atoms with E-state index in [4.69, 9.17) is 14.2 Å². The SMILES string of the molecule is CC(=O)O[C@@H](C)C(=O)Nc1cccc([C@@H]2O[C@H](CSCCO)[C@H](C)[C@H](c3ccc(CO)cc3)O2)c1. The summed E-state index contributed by atoms with van der Waals surface area (Å²) in [5, 5.41) is 21.3. The molecule has 0 radical (unpaired) electrons. The molecule has 1 aliphatic rings. The zero-order valence-electron chi connectivity index (χ0n) is 20.2. The van der Waals surface area contributed by atoms with Gasteiger partial charge >= 0.3 is 5.97 Å². The van der Waals surface area contributed by atoms with Crippen molar-refractivity contribution in [3.05, 3.63) is 65.2 Å². The van der Waals surface area contributed by atoms with Crippen LogP contribution in [0.3, 0.4) is 0 Å². The second kappa shape index (κ2) is 13.0. The van der Waals surface area contributed by atoms with Crippen LogP contribution in [0.25, 0.3) is 0 Å². The smallest absolute Gasteiger partial charge is 0.303 e. The number of hydrogen-bond donors (Lipinski definition) is 3. The van der Waals surface area contributed by atoms with Crippen molar-refractivity contribution in [2.24, 2.45) is 5.92 Å². The molecule has 8 nitrogen and oxygen atoms in total. The molecule has 0 bridgehead atoms. The third-order valence-electron chi connectivity index (χ3n) is 5.78. The van der Waals surface area contributed by atoms with Crippen LogP contribution in [0.2, 0.25) is 0 Å². The van der Waals surface area contributed by atoms with Crippen molar-refractivity contribution in [1.82, 2.24) is 0 Å². The molecule has 1 saturated heterocycles. The molecule has 2 aromatic carbocycles. The van der Waals surface area contributed by atoms with E-state index >= 15 is 0 Å². The van der Waals surface area contributed by atoms with Gasteiger partial charge in [-0.05, 0) is 30.2 Å². The molecule has 2 aromatic rings. The van der Waals surface area contributed by atoms with Gasteiger partial charge in [-0.15, -0.1) is 0 Å². The first-order chi connectivity index (χ1) is 16.8. The zero-order chi connectivity index (χ0) is 25.4. The van der Waals surface area contributed by atoms with Crippen LogP contribution in [0.4, 0.5) is 5.69 Å². The Morgan fingerprint density at radius 3 is 2.51 bits per heavy atom. The van der Waals surface area contributed by atoms with Crippen molar-refractivity contribution < 1.29 is 34.0 Å². The fourth-order valence-electron chi connectivity index (χ4n) is 3.88. The Kier molecular flexibility index (Phi) is 10.1. The summed E-state index contributed by atoms with van der Waals surface area (Å²) in [5.74, 6) is 0.406. The number of hydrogen-bond acceptors (Lipinski definition) is 8. The predicted octanol–water partition coefficient (Wildman–Crippen LogP) is 3.59. The topological polar surface area (TPSA) is 114 Å². The molecular weight excluding hydrogens is 470 g/mol. The van der Waals surface area contributed by atoms with E-state index in [0.29, 0.717) is 17.2 Å². The molecule has 0 unspecified atom stereocenters. The number of rotatable bonds is 10. The Morgan fingerprint density at radius 1 is 1.11 bits per heavy atom. The van der Waals surface area contributed by atoms with Crippen LogP contribution in [0.1, 0.15) is 49.9 Å². The highest BCUT2D eigenvalue weighted by molar-refractivity contribution is 7.99. The van der Waals surface area contributed by atoms with Gasteiger partial charge in [-0.1, -0.05) is 43.3 Å². The number of nitrogens with one attached hydrogen (secondary N) is 1. The molecule has 0 aliphatic carbocycles. The number of benzene rings is 2. The molecule has 5 atom stereocenters. The van der Waals surface area contributed by atoms with Crippen LogP contribution in [-0.2, 0) is 30.4 Å². The number of thioether (sulfide) groups is 1. The number of amides is 1. The third kappa shape index (κ3) is 7.52. The summed E-state index contributed by atoms with van der Waals surface area (Å²) in [5.41, 5.74) is 3.09. The average molecular weight is 504 g/mol. The second-order valence-electron chi connectivity index (χ2n) is 8.49. The van der Waals surface area contributed by atoms with E-state index in [0.717, 1.165) is 16.7 Å². The Morgan fingerprint density at radius 2 is 1.86 bits per heavy atom. The maximum atomic E-state index is 12.4. The van der Waals surface area contributed by atoms with Gasteiger partial charge in [-0.25, -0.2) is 0 Å². The number of carbonyl (C=O) groups is 2. The maximum absolute atomic E-state index is 12.4. The number of anilines is 1. The van der Waals surface area contributed by atoms with E-state index in [9.17, 15) is 19.8 Å². The van der Waals surface area contributed by atoms with Gasteiger partial charge in [0.15, 0.2) is 12.4 Å². The molecule has 35 heavy (non-hydrogen) atoms. The molecule has 9 heteroatoms. The Labute approximate surface area is 210 Å². The molecule has 0 spiro atoms. The summed E-state index contributed by atoms with van der Waals surface area (Å²) in [4.78, 5) is 23.5. The van der Waals surface area contributed by atoms with Crippen molar-refractivity contribution in [2.45, 2.75) is 52.0 Å². The van der Waals surface area contributed by atoms with Gasteiger partial charge in [-0.3, -0.25) is 9.59 Å².